The molecule has 9 nitrogen and oxygen atoms in total. The Bertz CT molecular complexity index is 1710. The standard InChI is InChI=1S/C28H26FN3O6S/c1-5-37-19-8-10-22(29)21(15-19)23-11-9-20(26(33)32-39(35,36)24-7-6-12-30-27(24)34)28(31-23)38-25-17(3)13-16(2)14-18(25)4/h6-15H,5H2,1-4H3,(H,30,34)(H,32,33). The number of aromatic amines is 1. The Balaban J connectivity index is 1.82. The molecule has 202 valence electrons. The summed E-state index contributed by atoms with van der Waals surface area (Å²) in [5.74, 6) is -1.09. The maximum atomic E-state index is 14.8. The van der Waals surface area contributed by atoms with Crippen LogP contribution in [0.25, 0.3) is 11.3 Å². The van der Waals surface area contributed by atoms with Gasteiger partial charge in [0.1, 0.15) is 22.9 Å². The number of aromatic nitrogens is 2. The molecule has 0 unspecified atom stereocenters. The minimum absolute atomic E-state index is 0.0959. The molecule has 0 saturated carbocycles. The summed E-state index contributed by atoms with van der Waals surface area (Å²) in [5.41, 5.74) is 1.58. The van der Waals surface area contributed by atoms with Gasteiger partial charge in [-0.05, 0) is 81.3 Å². The van der Waals surface area contributed by atoms with Crippen LogP contribution in [0.5, 0.6) is 17.4 Å². The van der Waals surface area contributed by atoms with Crippen LogP contribution in [-0.4, -0.2) is 30.9 Å². The van der Waals surface area contributed by atoms with Gasteiger partial charge in [0.05, 0.1) is 12.3 Å². The summed E-state index contributed by atoms with van der Waals surface area (Å²) in [6.07, 6.45) is 1.27. The van der Waals surface area contributed by atoms with E-state index in [9.17, 15) is 22.4 Å². The molecule has 0 bridgehead atoms. The van der Waals surface area contributed by atoms with Gasteiger partial charge in [-0.2, -0.15) is 0 Å². The summed E-state index contributed by atoms with van der Waals surface area (Å²) >= 11 is 0. The molecule has 0 aliphatic rings. The highest BCUT2D eigenvalue weighted by Gasteiger charge is 2.26. The zero-order chi connectivity index (χ0) is 28.3. The van der Waals surface area contributed by atoms with Crippen LogP contribution in [0, 0.1) is 26.6 Å². The smallest absolute Gasteiger partial charge is 0.270 e. The molecule has 2 heterocycles. The number of rotatable bonds is 8. The van der Waals surface area contributed by atoms with E-state index in [2.05, 4.69) is 9.97 Å². The molecule has 4 aromatic rings. The highest BCUT2D eigenvalue weighted by molar-refractivity contribution is 7.90. The fraction of sp³-hybridized carbons (Fsp3) is 0.179. The molecule has 0 radical (unpaired) electrons. The molecular weight excluding hydrogens is 525 g/mol. The van der Waals surface area contributed by atoms with Crippen molar-refractivity contribution in [1.29, 1.82) is 0 Å². The predicted octanol–water partition coefficient (Wildman–Crippen LogP) is 4.81. The summed E-state index contributed by atoms with van der Waals surface area (Å²) in [5, 5.41) is 0. The molecule has 0 atom stereocenters. The topological polar surface area (TPSA) is 127 Å². The summed E-state index contributed by atoms with van der Waals surface area (Å²) in [4.78, 5) is 31.3. The van der Waals surface area contributed by atoms with Crippen LogP contribution in [0.15, 0.2) is 70.5 Å². The van der Waals surface area contributed by atoms with E-state index in [4.69, 9.17) is 9.47 Å². The number of halogens is 1. The van der Waals surface area contributed by atoms with Crippen molar-refractivity contribution < 1.29 is 27.1 Å². The number of hydrogen-bond acceptors (Lipinski definition) is 7. The largest absolute Gasteiger partial charge is 0.494 e. The lowest BCUT2D eigenvalue weighted by molar-refractivity contribution is 0.0978. The van der Waals surface area contributed by atoms with Crippen molar-refractivity contribution in [2.24, 2.45) is 0 Å². The maximum Gasteiger partial charge on any atom is 0.270 e. The highest BCUT2D eigenvalue weighted by Crippen LogP contribution is 2.34. The van der Waals surface area contributed by atoms with Gasteiger partial charge in [-0.3, -0.25) is 9.59 Å². The van der Waals surface area contributed by atoms with Crippen LogP contribution in [0.1, 0.15) is 34.0 Å². The number of benzene rings is 2. The van der Waals surface area contributed by atoms with E-state index in [1.54, 1.807) is 6.92 Å². The van der Waals surface area contributed by atoms with Gasteiger partial charge in [0.2, 0.25) is 5.88 Å². The lowest BCUT2D eigenvalue weighted by atomic mass is 10.1. The second kappa shape index (κ2) is 11.1. The molecule has 2 aromatic carbocycles. The molecular formula is C28H26FN3O6S. The summed E-state index contributed by atoms with van der Waals surface area (Å²) in [6.45, 7) is 7.72. The Morgan fingerprint density at radius 1 is 1.05 bits per heavy atom. The van der Waals surface area contributed by atoms with Gasteiger partial charge in [-0.15, -0.1) is 0 Å². The first-order chi connectivity index (χ1) is 18.5. The molecule has 0 aliphatic carbocycles. The van der Waals surface area contributed by atoms with E-state index in [1.165, 1.54) is 42.6 Å². The van der Waals surface area contributed by atoms with Crippen LogP contribution >= 0.6 is 0 Å². The second-order valence-electron chi connectivity index (χ2n) is 8.75. The number of amides is 1. The molecule has 11 heteroatoms. The third-order valence-electron chi connectivity index (χ3n) is 5.73. The quantitative estimate of drug-likeness (QED) is 0.322. The molecule has 39 heavy (non-hydrogen) atoms. The van der Waals surface area contributed by atoms with Gasteiger partial charge in [0.25, 0.3) is 21.5 Å². The van der Waals surface area contributed by atoms with Crippen molar-refractivity contribution in [3.63, 3.8) is 0 Å². The van der Waals surface area contributed by atoms with Crippen molar-refractivity contribution >= 4 is 15.9 Å². The molecule has 1 amide bonds. The number of carbonyl (C=O) groups excluding carboxylic acids is 1. The van der Waals surface area contributed by atoms with Crippen molar-refractivity contribution in [2.45, 2.75) is 32.6 Å². The van der Waals surface area contributed by atoms with Gasteiger partial charge < -0.3 is 14.5 Å². The Kier molecular flexibility index (Phi) is 7.82. The fourth-order valence-electron chi connectivity index (χ4n) is 4.07. The second-order valence-corrected chi connectivity index (χ2v) is 10.4. The fourth-order valence-corrected chi connectivity index (χ4v) is 5.10. The van der Waals surface area contributed by atoms with Crippen molar-refractivity contribution in [1.82, 2.24) is 14.7 Å². The minimum atomic E-state index is -4.53. The first-order valence-corrected chi connectivity index (χ1v) is 13.4. The van der Waals surface area contributed by atoms with E-state index in [0.29, 0.717) is 18.1 Å². The van der Waals surface area contributed by atoms with E-state index in [1.807, 2.05) is 37.6 Å². The van der Waals surface area contributed by atoms with Gasteiger partial charge in [0, 0.05) is 11.8 Å². The van der Waals surface area contributed by atoms with E-state index in [0.717, 1.165) is 22.8 Å². The van der Waals surface area contributed by atoms with Crippen LogP contribution in [0.3, 0.4) is 0 Å². The number of aryl methyl sites for hydroxylation is 3. The summed E-state index contributed by atoms with van der Waals surface area (Å²) in [7, 11) is -4.53. The van der Waals surface area contributed by atoms with E-state index in [-0.39, 0.29) is 22.7 Å². The Hall–Kier alpha value is -4.51. The van der Waals surface area contributed by atoms with Gasteiger partial charge in [-0.25, -0.2) is 22.5 Å². The normalized spacial score (nSPS) is 11.2. The maximum absolute atomic E-state index is 14.8. The minimum Gasteiger partial charge on any atom is -0.494 e. The first-order valence-electron chi connectivity index (χ1n) is 11.9. The zero-order valence-electron chi connectivity index (χ0n) is 21.7. The van der Waals surface area contributed by atoms with Gasteiger partial charge in [0.15, 0.2) is 4.90 Å². The molecule has 0 spiro atoms. The summed E-state index contributed by atoms with van der Waals surface area (Å²) in [6, 6.07) is 13.0. The number of nitrogens with one attached hydrogen (secondary N) is 2. The number of carbonyl (C=O) groups is 1. The third kappa shape index (κ3) is 5.99. The molecule has 0 fully saturated rings. The van der Waals surface area contributed by atoms with Crippen molar-refractivity contribution in [2.75, 3.05) is 6.61 Å². The number of ether oxygens (including phenoxy) is 2. The van der Waals surface area contributed by atoms with Crippen molar-refractivity contribution in [3.05, 3.63) is 99.2 Å². The van der Waals surface area contributed by atoms with Crippen LogP contribution in [0.4, 0.5) is 4.39 Å². The Labute approximate surface area is 224 Å². The Morgan fingerprint density at radius 3 is 2.44 bits per heavy atom. The predicted molar refractivity (Wildman–Crippen MR) is 143 cm³/mol. The number of nitrogens with zero attached hydrogens (tertiary/aromatic N) is 1. The van der Waals surface area contributed by atoms with E-state index >= 15 is 0 Å². The molecule has 2 aromatic heterocycles. The summed E-state index contributed by atoms with van der Waals surface area (Å²) < 4.78 is 53.9. The lowest BCUT2D eigenvalue weighted by Gasteiger charge is -2.16. The van der Waals surface area contributed by atoms with Gasteiger partial charge in [-0.1, -0.05) is 17.7 Å². The van der Waals surface area contributed by atoms with Crippen LogP contribution in [0.2, 0.25) is 0 Å². The molecule has 4 rings (SSSR count). The number of sulfonamides is 1. The Morgan fingerprint density at radius 2 is 1.77 bits per heavy atom. The lowest BCUT2D eigenvalue weighted by Crippen LogP contribution is -2.34. The third-order valence-corrected chi connectivity index (χ3v) is 7.09. The monoisotopic (exact) mass is 551 g/mol. The van der Waals surface area contributed by atoms with Crippen LogP contribution < -0.4 is 19.8 Å². The van der Waals surface area contributed by atoms with Crippen molar-refractivity contribution in [3.8, 4) is 28.6 Å². The number of H-pyrrole nitrogens is 1. The van der Waals surface area contributed by atoms with Crippen LogP contribution in [-0.2, 0) is 10.0 Å². The average Bonchev–Trinajstić information content (AvgIpc) is 2.87. The molecule has 2 N–H and O–H groups in total. The average molecular weight is 552 g/mol. The first kappa shape index (κ1) is 27.5. The number of pyridine rings is 2. The van der Waals surface area contributed by atoms with E-state index < -0.39 is 32.2 Å². The number of hydrogen-bond donors (Lipinski definition) is 2. The SMILES string of the molecule is CCOc1ccc(F)c(-c2ccc(C(=O)NS(=O)(=O)c3ccc[nH]c3=O)c(Oc3c(C)cc(C)cc3C)n2)c1. The highest BCUT2D eigenvalue weighted by atomic mass is 32.2. The molecule has 0 aliphatic heterocycles. The molecule has 0 saturated heterocycles. The zero-order valence-corrected chi connectivity index (χ0v) is 22.5. The van der Waals surface area contributed by atoms with Gasteiger partial charge >= 0.3 is 0 Å².